The van der Waals surface area contributed by atoms with Gasteiger partial charge in [0.25, 0.3) is 6.01 Å². The van der Waals surface area contributed by atoms with E-state index in [1.807, 2.05) is 36.4 Å². The largest absolute Gasteiger partial charge is 0.478 e. The summed E-state index contributed by atoms with van der Waals surface area (Å²) in [6, 6.07) is 15.7. The fourth-order valence-corrected chi connectivity index (χ4v) is 4.86. The van der Waals surface area contributed by atoms with Crippen LogP contribution in [0.5, 0.6) is 0 Å². The van der Waals surface area contributed by atoms with Crippen LogP contribution in [0.4, 0.5) is 6.01 Å². The van der Waals surface area contributed by atoms with Crippen LogP contribution < -0.4 is 4.90 Å². The predicted molar refractivity (Wildman–Crippen MR) is 121 cm³/mol. The molecule has 1 unspecified atom stereocenters. The monoisotopic (exact) mass is 424 g/mol. The minimum Gasteiger partial charge on any atom is -0.478 e. The van der Waals surface area contributed by atoms with Gasteiger partial charge in [-0.1, -0.05) is 31.2 Å². The minimum absolute atomic E-state index is 0.356. The van der Waals surface area contributed by atoms with Crippen LogP contribution in [0.3, 0.4) is 0 Å². The van der Waals surface area contributed by atoms with E-state index in [1.54, 1.807) is 23.9 Å². The van der Waals surface area contributed by atoms with Crippen LogP contribution in [0.2, 0.25) is 0 Å². The standard InChI is InChI=1S/C24H28N2O3S/c1-17(18-12-13-18)7-6-14-26(24-25-20-9-3-4-10-21(20)29-24)15-16-30-22-11-5-2-8-19(22)23(27)28/h2-5,8-11,17-18H,6-7,12-16H2,1H3,(H,27,28). The third-order valence-electron chi connectivity index (χ3n) is 5.80. The molecule has 4 rings (SSSR count). The quantitative estimate of drug-likeness (QED) is 0.384. The maximum absolute atomic E-state index is 11.5. The molecule has 0 amide bonds. The first-order valence-electron chi connectivity index (χ1n) is 10.7. The molecule has 1 heterocycles. The highest BCUT2D eigenvalue weighted by atomic mass is 32.2. The number of thioether (sulfide) groups is 1. The van der Waals surface area contributed by atoms with Crippen LogP contribution in [0.25, 0.3) is 11.1 Å². The molecule has 6 heteroatoms. The Morgan fingerprint density at radius 3 is 2.73 bits per heavy atom. The molecule has 3 aromatic rings. The van der Waals surface area contributed by atoms with Gasteiger partial charge in [-0.15, -0.1) is 11.8 Å². The van der Waals surface area contributed by atoms with E-state index in [-0.39, 0.29) is 0 Å². The minimum atomic E-state index is -0.886. The van der Waals surface area contributed by atoms with Gasteiger partial charge in [0.15, 0.2) is 5.58 Å². The van der Waals surface area contributed by atoms with Crippen molar-refractivity contribution < 1.29 is 14.3 Å². The topological polar surface area (TPSA) is 66.6 Å². The number of aromatic nitrogens is 1. The van der Waals surface area contributed by atoms with E-state index in [4.69, 9.17) is 4.42 Å². The summed E-state index contributed by atoms with van der Waals surface area (Å²) in [6.45, 7) is 4.01. The van der Waals surface area contributed by atoms with Gasteiger partial charge in [0.05, 0.1) is 5.56 Å². The van der Waals surface area contributed by atoms with E-state index in [1.165, 1.54) is 19.3 Å². The highest BCUT2D eigenvalue weighted by Crippen LogP contribution is 2.38. The van der Waals surface area contributed by atoms with E-state index in [0.717, 1.165) is 53.1 Å². The van der Waals surface area contributed by atoms with Crippen molar-refractivity contribution in [2.75, 3.05) is 23.7 Å². The lowest BCUT2D eigenvalue weighted by molar-refractivity contribution is 0.0693. The summed E-state index contributed by atoms with van der Waals surface area (Å²) in [5.41, 5.74) is 2.02. The van der Waals surface area contributed by atoms with Crippen molar-refractivity contribution in [3.63, 3.8) is 0 Å². The number of carbonyl (C=O) groups is 1. The van der Waals surface area contributed by atoms with Crippen LogP contribution in [-0.4, -0.2) is 34.9 Å². The fourth-order valence-electron chi connectivity index (χ4n) is 3.84. The Hall–Kier alpha value is -2.47. The van der Waals surface area contributed by atoms with Crippen LogP contribution in [-0.2, 0) is 0 Å². The molecule has 1 N–H and O–H groups in total. The average Bonchev–Trinajstić information content (AvgIpc) is 3.51. The number of oxazole rings is 1. The van der Waals surface area contributed by atoms with Crippen molar-refractivity contribution in [2.45, 2.75) is 37.5 Å². The molecule has 1 aliphatic rings. The molecule has 158 valence electrons. The molecule has 0 bridgehead atoms. The van der Waals surface area contributed by atoms with Gasteiger partial charge in [-0.25, -0.2) is 4.79 Å². The second kappa shape index (κ2) is 9.56. The first-order chi connectivity index (χ1) is 14.6. The molecule has 0 spiro atoms. The van der Waals surface area contributed by atoms with Crippen LogP contribution in [0.1, 0.15) is 43.0 Å². The second-order valence-corrected chi connectivity index (χ2v) is 9.19. The Balaban J connectivity index is 1.42. The zero-order valence-corrected chi connectivity index (χ0v) is 18.1. The van der Waals surface area contributed by atoms with E-state index >= 15 is 0 Å². The number of benzene rings is 2. The molecule has 5 nitrogen and oxygen atoms in total. The van der Waals surface area contributed by atoms with Gasteiger partial charge in [0.1, 0.15) is 5.52 Å². The SMILES string of the molecule is CC(CCCN(CCSc1ccccc1C(=O)O)c1nc2ccccc2o1)C1CC1. The number of anilines is 1. The molecule has 1 aromatic heterocycles. The lowest BCUT2D eigenvalue weighted by atomic mass is 10.0. The van der Waals surface area contributed by atoms with Crippen molar-refractivity contribution in [2.24, 2.45) is 11.8 Å². The molecule has 2 aromatic carbocycles. The zero-order valence-electron chi connectivity index (χ0n) is 17.3. The molecule has 0 radical (unpaired) electrons. The van der Waals surface area contributed by atoms with Gasteiger partial charge in [0.2, 0.25) is 0 Å². The molecule has 0 saturated heterocycles. The number of nitrogens with zero attached hydrogens (tertiary/aromatic N) is 2. The van der Waals surface area contributed by atoms with E-state index in [2.05, 4.69) is 16.8 Å². The maximum atomic E-state index is 11.5. The normalized spacial score (nSPS) is 14.7. The molecule has 1 fully saturated rings. The fraction of sp³-hybridized carbons (Fsp3) is 0.417. The van der Waals surface area contributed by atoms with Crippen molar-refractivity contribution in [3.8, 4) is 0 Å². The molecular formula is C24H28N2O3S. The van der Waals surface area contributed by atoms with Gasteiger partial charge in [-0.3, -0.25) is 0 Å². The first kappa shape index (κ1) is 20.8. The van der Waals surface area contributed by atoms with Gasteiger partial charge >= 0.3 is 5.97 Å². The van der Waals surface area contributed by atoms with Crippen LogP contribution >= 0.6 is 11.8 Å². The number of rotatable bonds is 11. The number of fused-ring (bicyclic) bond motifs is 1. The number of hydrogen-bond acceptors (Lipinski definition) is 5. The number of carboxylic acid groups (broad SMARTS) is 1. The van der Waals surface area contributed by atoms with Gasteiger partial charge < -0.3 is 14.4 Å². The summed E-state index contributed by atoms with van der Waals surface area (Å²) >= 11 is 1.57. The Labute approximate surface area is 181 Å². The highest BCUT2D eigenvalue weighted by molar-refractivity contribution is 7.99. The van der Waals surface area contributed by atoms with E-state index in [9.17, 15) is 9.90 Å². The highest BCUT2D eigenvalue weighted by Gasteiger charge is 2.27. The molecular weight excluding hydrogens is 396 g/mol. The summed E-state index contributed by atoms with van der Waals surface area (Å²) < 4.78 is 6.02. The second-order valence-electron chi connectivity index (χ2n) is 8.06. The Morgan fingerprint density at radius 1 is 1.20 bits per heavy atom. The number of carboxylic acids is 1. The molecule has 1 atom stereocenters. The van der Waals surface area contributed by atoms with Gasteiger partial charge in [-0.05, 0) is 61.8 Å². The lowest BCUT2D eigenvalue weighted by Gasteiger charge is -2.21. The van der Waals surface area contributed by atoms with Crippen molar-refractivity contribution in [1.82, 2.24) is 4.98 Å². The van der Waals surface area contributed by atoms with E-state index < -0.39 is 5.97 Å². The molecule has 0 aliphatic heterocycles. The predicted octanol–water partition coefficient (Wildman–Crippen LogP) is 5.95. The van der Waals surface area contributed by atoms with Gasteiger partial charge in [-0.2, -0.15) is 4.98 Å². The summed E-state index contributed by atoms with van der Waals surface area (Å²) in [5, 5.41) is 9.40. The first-order valence-corrected chi connectivity index (χ1v) is 11.7. The summed E-state index contributed by atoms with van der Waals surface area (Å²) in [6.07, 6.45) is 5.09. The summed E-state index contributed by atoms with van der Waals surface area (Å²) in [5.74, 6) is 1.59. The van der Waals surface area contributed by atoms with Crippen molar-refractivity contribution in [3.05, 3.63) is 54.1 Å². The Bertz CT molecular complexity index is 966. The third kappa shape index (κ3) is 5.17. The molecule has 1 saturated carbocycles. The third-order valence-corrected chi connectivity index (χ3v) is 6.86. The molecule has 1 aliphatic carbocycles. The van der Waals surface area contributed by atoms with Crippen LogP contribution in [0, 0.1) is 11.8 Å². The molecule has 30 heavy (non-hydrogen) atoms. The van der Waals surface area contributed by atoms with Crippen LogP contribution in [0.15, 0.2) is 57.8 Å². The zero-order chi connectivity index (χ0) is 20.9. The smallest absolute Gasteiger partial charge is 0.336 e. The van der Waals surface area contributed by atoms with Crippen molar-refractivity contribution in [1.29, 1.82) is 0 Å². The Kier molecular flexibility index (Phi) is 6.62. The average molecular weight is 425 g/mol. The number of aromatic carboxylic acids is 1. The number of para-hydroxylation sites is 2. The Morgan fingerprint density at radius 2 is 1.97 bits per heavy atom. The van der Waals surface area contributed by atoms with Crippen molar-refractivity contribution >= 4 is 34.8 Å². The maximum Gasteiger partial charge on any atom is 0.336 e. The lowest BCUT2D eigenvalue weighted by Crippen LogP contribution is -2.27. The number of hydrogen-bond donors (Lipinski definition) is 1. The summed E-state index contributed by atoms with van der Waals surface area (Å²) in [7, 11) is 0. The van der Waals surface area contributed by atoms with Gasteiger partial charge in [0, 0.05) is 23.7 Å². The van der Waals surface area contributed by atoms with E-state index in [0.29, 0.717) is 11.6 Å². The summed E-state index contributed by atoms with van der Waals surface area (Å²) in [4.78, 5) is 19.1.